The van der Waals surface area contributed by atoms with Crippen LogP contribution >= 0.6 is 11.6 Å². The summed E-state index contributed by atoms with van der Waals surface area (Å²) in [4.78, 5) is 0. The Morgan fingerprint density at radius 2 is 2.10 bits per heavy atom. The van der Waals surface area contributed by atoms with Crippen LogP contribution in [0.25, 0.3) is 0 Å². The molecule has 1 aliphatic rings. The van der Waals surface area contributed by atoms with Crippen LogP contribution in [-0.4, -0.2) is 13.1 Å². The van der Waals surface area contributed by atoms with E-state index in [0.29, 0.717) is 10.9 Å². The molecule has 0 spiro atoms. The third-order valence-electron chi connectivity index (χ3n) is 4.25. The van der Waals surface area contributed by atoms with E-state index in [-0.39, 0.29) is 11.2 Å². The standard InChI is InChI=1S/C17H25ClFN/c1-12(2)10-20-11-17(3,14-5-6-14)9-13-4-7-15(18)8-16(13)19/h4,7-8,12,14,20H,5-6,9-11H2,1-3H3. The van der Waals surface area contributed by atoms with Crippen molar-refractivity contribution < 1.29 is 4.39 Å². The maximum atomic E-state index is 14.0. The number of benzene rings is 1. The molecule has 0 heterocycles. The van der Waals surface area contributed by atoms with Gasteiger partial charge in [0.05, 0.1) is 0 Å². The fraction of sp³-hybridized carbons (Fsp3) is 0.647. The van der Waals surface area contributed by atoms with E-state index >= 15 is 0 Å². The van der Waals surface area contributed by atoms with Crippen LogP contribution in [0.15, 0.2) is 18.2 Å². The van der Waals surface area contributed by atoms with E-state index in [9.17, 15) is 4.39 Å². The molecular weight excluding hydrogens is 273 g/mol. The highest BCUT2D eigenvalue weighted by Crippen LogP contribution is 2.47. The van der Waals surface area contributed by atoms with Crippen LogP contribution in [0.5, 0.6) is 0 Å². The van der Waals surface area contributed by atoms with Crippen molar-refractivity contribution in [1.82, 2.24) is 5.32 Å². The Bertz CT molecular complexity index is 456. The van der Waals surface area contributed by atoms with Gasteiger partial charge in [0.2, 0.25) is 0 Å². The normalized spacial score (nSPS) is 18.3. The highest BCUT2D eigenvalue weighted by atomic mass is 35.5. The molecular formula is C17H25ClFN. The first-order valence-electron chi connectivity index (χ1n) is 7.55. The lowest BCUT2D eigenvalue weighted by Crippen LogP contribution is -2.37. The van der Waals surface area contributed by atoms with Gasteiger partial charge in [0.15, 0.2) is 0 Å². The van der Waals surface area contributed by atoms with Crippen LogP contribution in [-0.2, 0) is 6.42 Å². The largest absolute Gasteiger partial charge is 0.316 e. The van der Waals surface area contributed by atoms with Crippen molar-refractivity contribution in [2.45, 2.75) is 40.0 Å². The topological polar surface area (TPSA) is 12.0 Å². The number of hydrogen-bond donors (Lipinski definition) is 1. The second-order valence-corrected chi connectivity index (χ2v) is 7.30. The number of halogens is 2. The molecule has 2 rings (SSSR count). The monoisotopic (exact) mass is 297 g/mol. The molecule has 112 valence electrons. The van der Waals surface area contributed by atoms with Crippen molar-refractivity contribution in [3.63, 3.8) is 0 Å². The predicted octanol–water partition coefficient (Wildman–Crippen LogP) is 4.68. The molecule has 1 aliphatic carbocycles. The molecule has 3 heteroatoms. The zero-order valence-corrected chi connectivity index (χ0v) is 13.4. The zero-order valence-electron chi connectivity index (χ0n) is 12.7. The smallest absolute Gasteiger partial charge is 0.127 e. The van der Waals surface area contributed by atoms with Crippen LogP contribution < -0.4 is 5.32 Å². The Labute approximate surface area is 126 Å². The van der Waals surface area contributed by atoms with Crippen LogP contribution in [0.1, 0.15) is 39.2 Å². The molecule has 1 nitrogen and oxygen atoms in total. The van der Waals surface area contributed by atoms with Gasteiger partial charge in [-0.2, -0.15) is 0 Å². The molecule has 1 aromatic carbocycles. The Hall–Kier alpha value is -0.600. The van der Waals surface area contributed by atoms with Crippen molar-refractivity contribution >= 4 is 11.6 Å². The first kappa shape index (κ1) is 15.8. The summed E-state index contributed by atoms with van der Waals surface area (Å²) in [5, 5.41) is 4.02. The van der Waals surface area contributed by atoms with Crippen molar-refractivity contribution in [1.29, 1.82) is 0 Å². The van der Waals surface area contributed by atoms with Crippen LogP contribution in [0.2, 0.25) is 5.02 Å². The van der Waals surface area contributed by atoms with Gasteiger partial charge >= 0.3 is 0 Å². The van der Waals surface area contributed by atoms with Crippen LogP contribution in [0.4, 0.5) is 4.39 Å². The molecule has 0 aliphatic heterocycles. The molecule has 1 saturated carbocycles. The van der Waals surface area contributed by atoms with Crippen molar-refractivity contribution in [3.05, 3.63) is 34.6 Å². The van der Waals surface area contributed by atoms with Crippen molar-refractivity contribution in [3.8, 4) is 0 Å². The molecule has 0 aromatic heterocycles. The average Bonchev–Trinajstić information content (AvgIpc) is 3.17. The highest BCUT2D eigenvalue weighted by Gasteiger charge is 2.41. The third-order valence-corrected chi connectivity index (χ3v) is 4.49. The molecule has 0 amide bonds. The van der Waals surface area contributed by atoms with E-state index in [4.69, 9.17) is 11.6 Å². The van der Waals surface area contributed by atoms with Crippen LogP contribution in [0.3, 0.4) is 0 Å². The summed E-state index contributed by atoms with van der Waals surface area (Å²) >= 11 is 5.83. The molecule has 1 N–H and O–H groups in total. The van der Waals surface area contributed by atoms with E-state index in [2.05, 4.69) is 26.1 Å². The Kier molecular flexibility index (Phi) is 5.09. The summed E-state index contributed by atoms with van der Waals surface area (Å²) in [5.41, 5.74) is 0.930. The van der Waals surface area contributed by atoms with E-state index in [1.807, 2.05) is 6.07 Å². The molecule has 0 bridgehead atoms. The van der Waals surface area contributed by atoms with Gasteiger partial charge in [-0.1, -0.05) is 38.4 Å². The van der Waals surface area contributed by atoms with Gasteiger partial charge in [-0.25, -0.2) is 4.39 Å². The van der Waals surface area contributed by atoms with Crippen molar-refractivity contribution in [2.75, 3.05) is 13.1 Å². The Morgan fingerprint density at radius 3 is 2.65 bits per heavy atom. The summed E-state index contributed by atoms with van der Waals surface area (Å²) in [6.07, 6.45) is 3.33. The minimum atomic E-state index is -0.173. The minimum absolute atomic E-state index is 0.142. The molecule has 0 saturated heterocycles. The lowest BCUT2D eigenvalue weighted by Gasteiger charge is -2.31. The summed E-state index contributed by atoms with van der Waals surface area (Å²) < 4.78 is 14.0. The third kappa shape index (κ3) is 4.20. The lowest BCUT2D eigenvalue weighted by atomic mass is 9.78. The summed E-state index contributed by atoms with van der Waals surface area (Å²) in [6.45, 7) is 8.68. The van der Waals surface area contributed by atoms with E-state index in [0.717, 1.165) is 31.0 Å². The summed E-state index contributed by atoms with van der Waals surface area (Å²) in [6, 6.07) is 5.04. The Morgan fingerprint density at radius 1 is 1.40 bits per heavy atom. The average molecular weight is 298 g/mol. The number of rotatable bonds is 7. The van der Waals surface area contributed by atoms with Gasteiger partial charge in [-0.15, -0.1) is 0 Å². The van der Waals surface area contributed by atoms with E-state index < -0.39 is 0 Å². The predicted molar refractivity (Wildman–Crippen MR) is 83.7 cm³/mol. The molecule has 1 fully saturated rings. The second kappa shape index (κ2) is 6.44. The van der Waals surface area contributed by atoms with Gasteiger partial charge in [0.1, 0.15) is 5.82 Å². The maximum absolute atomic E-state index is 14.0. The maximum Gasteiger partial charge on any atom is 0.127 e. The minimum Gasteiger partial charge on any atom is -0.316 e. The summed E-state index contributed by atoms with van der Waals surface area (Å²) in [5.74, 6) is 1.19. The van der Waals surface area contributed by atoms with E-state index in [1.54, 1.807) is 6.07 Å². The molecule has 1 atom stereocenters. The fourth-order valence-corrected chi connectivity index (χ4v) is 3.04. The fourth-order valence-electron chi connectivity index (χ4n) is 2.88. The summed E-state index contributed by atoms with van der Waals surface area (Å²) in [7, 11) is 0. The quantitative estimate of drug-likeness (QED) is 0.770. The molecule has 0 radical (unpaired) electrons. The molecule has 20 heavy (non-hydrogen) atoms. The number of nitrogens with one attached hydrogen (secondary N) is 1. The highest BCUT2D eigenvalue weighted by molar-refractivity contribution is 6.30. The number of hydrogen-bond acceptors (Lipinski definition) is 1. The second-order valence-electron chi connectivity index (χ2n) is 6.87. The van der Waals surface area contributed by atoms with Gasteiger partial charge in [-0.3, -0.25) is 0 Å². The van der Waals surface area contributed by atoms with Gasteiger partial charge in [0, 0.05) is 11.6 Å². The van der Waals surface area contributed by atoms with Gasteiger partial charge in [-0.05, 0) is 60.8 Å². The Balaban J connectivity index is 2.04. The lowest BCUT2D eigenvalue weighted by molar-refractivity contribution is 0.249. The molecule has 1 aromatic rings. The van der Waals surface area contributed by atoms with Gasteiger partial charge in [0.25, 0.3) is 0 Å². The van der Waals surface area contributed by atoms with E-state index in [1.165, 1.54) is 18.9 Å². The zero-order chi connectivity index (χ0) is 14.8. The van der Waals surface area contributed by atoms with Gasteiger partial charge < -0.3 is 5.32 Å². The first-order valence-corrected chi connectivity index (χ1v) is 7.93. The SMILES string of the molecule is CC(C)CNCC(C)(Cc1ccc(Cl)cc1F)C1CC1. The van der Waals surface area contributed by atoms with Crippen molar-refractivity contribution in [2.24, 2.45) is 17.3 Å². The first-order chi connectivity index (χ1) is 9.40. The molecule has 1 unspecified atom stereocenters. The van der Waals surface area contributed by atoms with Crippen LogP contribution in [0, 0.1) is 23.1 Å².